The highest BCUT2D eigenvalue weighted by Gasteiger charge is 2.56. The van der Waals surface area contributed by atoms with Crippen LogP contribution in [0.15, 0.2) is 0 Å². The van der Waals surface area contributed by atoms with Gasteiger partial charge in [-0.05, 0) is 11.8 Å². The van der Waals surface area contributed by atoms with Gasteiger partial charge >= 0.3 is 6.09 Å². The number of carbonyl (C=O) groups is 1. The van der Waals surface area contributed by atoms with Crippen molar-refractivity contribution in [2.45, 2.75) is 52.5 Å². The first-order chi connectivity index (χ1) is 7.76. The van der Waals surface area contributed by atoms with E-state index in [1.54, 1.807) is 0 Å². The molecule has 1 fully saturated rings. The minimum Gasteiger partial charge on any atom is -0.464 e. The van der Waals surface area contributed by atoms with E-state index in [1.165, 1.54) is 0 Å². The van der Waals surface area contributed by atoms with Gasteiger partial charge in [-0.25, -0.2) is 9.00 Å². The molecule has 1 aliphatic heterocycles. The number of rotatable bonds is 3. The molecule has 17 heavy (non-hydrogen) atoms. The molecule has 1 N–H and O–H groups in total. The Morgan fingerprint density at radius 1 is 1.53 bits per heavy atom. The summed E-state index contributed by atoms with van der Waals surface area (Å²) in [5, 5.41) is 9.23. The van der Waals surface area contributed by atoms with E-state index in [9.17, 15) is 14.1 Å². The zero-order valence-electron chi connectivity index (χ0n) is 10.9. The van der Waals surface area contributed by atoms with E-state index in [1.807, 2.05) is 27.7 Å². The molecule has 1 saturated heterocycles. The van der Waals surface area contributed by atoms with Crippen molar-refractivity contribution in [1.29, 1.82) is 0 Å². The fourth-order valence-electron chi connectivity index (χ4n) is 2.19. The summed E-state index contributed by atoms with van der Waals surface area (Å²) in [7, 11) is 0. The van der Waals surface area contributed by atoms with Crippen molar-refractivity contribution < 1.29 is 18.3 Å². The Morgan fingerprint density at radius 2 is 2.12 bits per heavy atom. The van der Waals surface area contributed by atoms with Gasteiger partial charge < -0.3 is 5.11 Å². The average molecular weight is 263 g/mol. The van der Waals surface area contributed by atoms with Crippen LogP contribution in [0.5, 0.6) is 0 Å². The van der Waals surface area contributed by atoms with Crippen LogP contribution in [-0.4, -0.2) is 31.9 Å². The maximum absolute atomic E-state index is 11.7. The lowest BCUT2D eigenvalue weighted by Gasteiger charge is -2.43. The standard InChI is InChI=1S/C11H21NO4S/c1-5-6-7-11(10(2,3)4)8-16-17(15)12(11)9(13)14/h5-8H2,1-4H3,(H,13,14)/t11-,17?/m1/s1. The number of carboxylic acid groups (broad SMARTS) is 1. The fourth-order valence-corrected chi connectivity index (χ4v) is 3.42. The summed E-state index contributed by atoms with van der Waals surface area (Å²) in [6.45, 7) is 8.14. The minimum atomic E-state index is -1.88. The Morgan fingerprint density at radius 3 is 2.53 bits per heavy atom. The summed E-state index contributed by atoms with van der Waals surface area (Å²) in [4.78, 5) is 11.3. The predicted octanol–water partition coefficient (Wildman–Crippen LogP) is 2.55. The first-order valence-corrected chi connectivity index (χ1v) is 6.88. The van der Waals surface area contributed by atoms with Gasteiger partial charge in [-0.3, -0.25) is 4.18 Å². The van der Waals surface area contributed by atoms with Crippen molar-refractivity contribution in [1.82, 2.24) is 4.31 Å². The van der Waals surface area contributed by atoms with E-state index in [4.69, 9.17) is 4.18 Å². The van der Waals surface area contributed by atoms with Crippen LogP contribution in [-0.2, 0) is 15.4 Å². The smallest absolute Gasteiger partial charge is 0.421 e. The second-order valence-electron chi connectivity index (χ2n) is 5.44. The lowest BCUT2D eigenvalue weighted by Crippen LogP contribution is -2.57. The molecule has 5 nitrogen and oxygen atoms in total. The quantitative estimate of drug-likeness (QED) is 0.849. The van der Waals surface area contributed by atoms with Crippen LogP contribution >= 0.6 is 0 Å². The van der Waals surface area contributed by atoms with E-state index >= 15 is 0 Å². The van der Waals surface area contributed by atoms with E-state index in [0.29, 0.717) is 6.42 Å². The molecule has 2 atom stereocenters. The highest BCUT2D eigenvalue weighted by molar-refractivity contribution is 7.78. The molecule has 100 valence electrons. The Bertz CT molecular complexity index is 326. The zero-order valence-corrected chi connectivity index (χ0v) is 11.7. The third-order valence-corrected chi connectivity index (χ3v) is 4.57. The molecule has 0 bridgehead atoms. The number of nitrogens with zero attached hydrogens (tertiary/aromatic N) is 1. The van der Waals surface area contributed by atoms with Gasteiger partial charge in [0.15, 0.2) is 0 Å². The summed E-state index contributed by atoms with van der Waals surface area (Å²) >= 11 is -1.88. The first kappa shape index (κ1) is 14.4. The Labute approximate surface area is 105 Å². The highest BCUT2D eigenvalue weighted by Crippen LogP contribution is 2.44. The van der Waals surface area contributed by atoms with Gasteiger partial charge in [-0.2, -0.15) is 4.31 Å². The topological polar surface area (TPSA) is 66.8 Å². The molecule has 0 aromatic rings. The lowest BCUT2D eigenvalue weighted by molar-refractivity contribution is 0.0444. The molecule has 1 aliphatic rings. The third kappa shape index (κ3) is 2.47. The predicted molar refractivity (Wildman–Crippen MR) is 65.7 cm³/mol. The third-order valence-electron chi connectivity index (χ3n) is 3.45. The van der Waals surface area contributed by atoms with E-state index in [0.717, 1.165) is 17.1 Å². The first-order valence-electron chi connectivity index (χ1n) is 5.84. The minimum absolute atomic E-state index is 0.204. The lowest BCUT2D eigenvalue weighted by atomic mass is 9.71. The monoisotopic (exact) mass is 263 g/mol. The van der Waals surface area contributed by atoms with E-state index in [-0.39, 0.29) is 12.0 Å². The van der Waals surface area contributed by atoms with Crippen LogP contribution in [0, 0.1) is 5.41 Å². The molecular weight excluding hydrogens is 242 g/mol. The molecule has 1 rings (SSSR count). The summed E-state index contributed by atoms with van der Waals surface area (Å²) in [6.07, 6.45) is 1.36. The van der Waals surface area contributed by atoms with Crippen LogP contribution in [0.2, 0.25) is 0 Å². The fraction of sp³-hybridized carbons (Fsp3) is 0.909. The van der Waals surface area contributed by atoms with Crippen molar-refractivity contribution in [2.75, 3.05) is 6.61 Å². The van der Waals surface area contributed by atoms with Crippen LogP contribution < -0.4 is 0 Å². The molecule has 0 spiro atoms. The van der Waals surface area contributed by atoms with Gasteiger partial charge in [0.05, 0.1) is 12.1 Å². The van der Waals surface area contributed by atoms with Gasteiger partial charge in [0.1, 0.15) is 0 Å². The van der Waals surface area contributed by atoms with Gasteiger partial charge in [0.2, 0.25) is 0 Å². The van der Waals surface area contributed by atoms with E-state index in [2.05, 4.69) is 0 Å². The summed E-state index contributed by atoms with van der Waals surface area (Å²) in [6, 6.07) is 0. The van der Waals surface area contributed by atoms with Gasteiger partial charge in [0, 0.05) is 0 Å². The Kier molecular flexibility index (Phi) is 4.19. The van der Waals surface area contributed by atoms with Gasteiger partial charge in [-0.15, -0.1) is 0 Å². The van der Waals surface area contributed by atoms with Crippen molar-refractivity contribution in [3.05, 3.63) is 0 Å². The van der Waals surface area contributed by atoms with Crippen molar-refractivity contribution in [2.24, 2.45) is 5.41 Å². The SMILES string of the molecule is CCCC[C@]1(C(C)(C)C)COS(=O)N1C(=O)O. The molecule has 1 amide bonds. The number of amides is 1. The normalized spacial score (nSPS) is 29.6. The second kappa shape index (κ2) is 4.94. The molecule has 1 unspecified atom stereocenters. The second-order valence-corrected chi connectivity index (χ2v) is 6.48. The summed E-state index contributed by atoms with van der Waals surface area (Å²) in [5.74, 6) is 0. The van der Waals surface area contributed by atoms with Crippen LogP contribution in [0.1, 0.15) is 47.0 Å². The number of hydrogen-bond donors (Lipinski definition) is 1. The summed E-state index contributed by atoms with van der Waals surface area (Å²) in [5.41, 5.74) is -1.01. The number of hydrogen-bond acceptors (Lipinski definition) is 3. The Balaban J connectivity index is 3.13. The van der Waals surface area contributed by atoms with Crippen LogP contribution in [0.3, 0.4) is 0 Å². The van der Waals surface area contributed by atoms with Crippen molar-refractivity contribution in [3.63, 3.8) is 0 Å². The molecule has 0 aromatic carbocycles. The number of unbranched alkanes of at least 4 members (excludes halogenated alkanes) is 1. The molecule has 0 saturated carbocycles. The van der Waals surface area contributed by atoms with Crippen LogP contribution in [0.25, 0.3) is 0 Å². The Hall–Kier alpha value is -0.620. The van der Waals surface area contributed by atoms with Crippen LogP contribution in [0.4, 0.5) is 4.79 Å². The van der Waals surface area contributed by atoms with Gasteiger partial charge in [-0.1, -0.05) is 40.5 Å². The van der Waals surface area contributed by atoms with Crippen molar-refractivity contribution in [3.8, 4) is 0 Å². The maximum atomic E-state index is 11.7. The average Bonchev–Trinajstić information content (AvgIpc) is 2.53. The summed E-state index contributed by atoms with van der Waals surface area (Å²) < 4.78 is 17.7. The van der Waals surface area contributed by atoms with E-state index < -0.39 is 22.9 Å². The highest BCUT2D eigenvalue weighted by atomic mass is 32.2. The molecule has 1 heterocycles. The maximum Gasteiger partial charge on any atom is 0.421 e. The largest absolute Gasteiger partial charge is 0.464 e. The van der Waals surface area contributed by atoms with Crippen molar-refractivity contribution >= 4 is 17.4 Å². The molecule has 6 heteroatoms. The molecule has 0 aliphatic carbocycles. The zero-order chi connectivity index (χ0) is 13.3. The van der Waals surface area contributed by atoms with Gasteiger partial charge in [0.25, 0.3) is 11.3 Å². The molecule has 0 radical (unpaired) electrons. The molecular formula is C11H21NO4S. The molecule has 0 aromatic heterocycles.